The molecule has 0 spiro atoms. The number of hydrogen-bond acceptors (Lipinski definition) is 2. The number of nitrogens with zero attached hydrogens (tertiary/aromatic N) is 2. The maximum Gasteiger partial charge on any atom is 0.297 e. The Labute approximate surface area is 46.5 Å². The van der Waals surface area contributed by atoms with Gasteiger partial charge < -0.3 is 0 Å². The number of carbonyl (C=O) groups excluding carboxylic acids is 1. The molecular formula is C5H4N2O. The SMILES string of the molecule is C=CC1=NC=NC1=O. The van der Waals surface area contributed by atoms with Crippen LogP contribution in [-0.2, 0) is 4.79 Å². The summed E-state index contributed by atoms with van der Waals surface area (Å²) >= 11 is 0. The van der Waals surface area contributed by atoms with E-state index in [4.69, 9.17) is 0 Å². The Bertz CT molecular complexity index is 191. The van der Waals surface area contributed by atoms with E-state index in [1.807, 2.05) is 0 Å². The van der Waals surface area contributed by atoms with Crippen LogP contribution in [0.3, 0.4) is 0 Å². The Morgan fingerprint density at radius 3 is 2.75 bits per heavy atom. The van der Waals surface area contributed by atoms with Gasteiger partial charge in [-0.05, 0) is 6.08 Å². The van der Waals surface area contributed by atoms with Gasteiger partial charge in [-0.3, -0.25) is 4.79 Å². The van der Waals surface area contributed by atoms with Crippen LogP contribution in [0.1, 0.15) is 0 Å². The smallest absolute Gasteiger partial charge is 0.265 e. The fourth-order valence-corrected chi connectivity index (χ4v) is 0.405. The lowest BCUT2D eigenvalue weighted by Gasteiger charge is -1.78. The van der Waals surface area contributed by atoms with Crippen molar-refractivity contribution in [1.29, 1.82) is 0 Å². The van der Waals surface area contributed by atoms with Crippen molar-refractivity contribution in [2.45, 2.75) is 0 Å². The van der Waals surface area contributed by atoms with Gasteiger partial charge in [-0.1, -0.05) is 6.58 Å². The highest BCUT2D eigenvalue weighted by atomic mass is 16.1. The van der Waals surface area contributed by atoms with Crippen molar-refractivity contribution in [2.75, 3.05) is 0 Å². The van der Waals surface area contributed by atoms with Gasteiger partial charge >= 0.3 is 0 Å². The largest absolute Gasteiger partial charge is 0.297 e. The maximum atomic E-state index is 10.4. The molecule has 40 valence electrons. The second kappa shape index (κ2) is 1.69. The molecule has 0 saturated carbocycles. The van der Waals surface area contributed by atoms with Gasteiger partial charge in [-0.15, -0.1) is 0 Å². The van der Waals surface area contributed by atoms with Gasteiger partial charge in [0.05, 0.1) is 0 Å². The normalized spacial score (nSPS) is 16.5. The molecule has 0 aromatic heterocycles. The Balaban J connectivity index is 2.88. The molecule has 0 radical (unpaired) electrons. The van der Waals surface area contributed by atoms with Crippen LogP contribution in [0.5, 0.6) is 0 Å². The second-order valence-electron chi connectivity index (χ2n) is 1.27. The van der Waals surface area contributed by atoms with Gasteiger partial charge in [-0.2, -0.15) is 4.99 Å². The summed E-state index contributed by atoms with van der Waals surface area (Å²) < 4.78 is 0. The predicted octanol–water partition coefficient (Wildman–Crippen LogP) is 0.182. The van der Waals surface area contributed by atoms with E-state index in [-0.39, 0.29) is 5.91 Å². The third kappa shape index (κ3) is 0.578. The van der Waals surface area contributed by atoms with Crippen LogP contribution in [0.25, 0.3) is 0 Å². The van der Waals surface area contributed by atoms with Gasteiger partial charge in [0.15, 0.2) is 0 Å². The van der Waals surface area contributed by atoms with Crippen molar-refractivity contribution in [3.05, 3.63) is 12.7 Å². The molecule has 0 atom stereocenters. The summed E-state index contributed by atoms with van der Waals surface area (Å²) in [6.45, 7) is 3.36. The third-order valence-corrected chi connectivity index (χ3v) is 0.784. The summed E-state index contributed by atoms with van der Waals surface area (Å²) in [6, 6.07) is 0. The van der Waals surface area contributed by atoms with Crippen molar-refractivity contribution >= 4 is 18.0 Å². The molecule has 3 heteroatoms. The van der Waals surface area contributed by atoms with Crippen LogP contribution in [0.15, 0.2) is 22.6 Å². The second-order valence-corrected chi connectivity index (χ2v) is 1.27. The lowest BCUT2D eigenvalue weighted by Crippen LogP contribution is -2.01. The number of hydrogen-bond donors (Lipinski definition) is 0. The average molecular weight is 108 g/mol. The number of aliphatic imine (C=N–C) groups is 2. The summed E-state index contributed by atoms with van der Waals surface area (Å²) in [5.74, 6) is -0.306. The minimum absolute atomic E-state index is 0.306. The zero-order valence-corrected chi connectivity index (χ0v) is 4.16. The number of rotatable bonds is 1. The van der Waals surface area contributed by atoms with Gasteiger partial charge in [0, 0.05) is 0 Å². The van der Waals surface area contributed by atoms with E-state index in [1.165, 1.54) is 12.4 Å². The van der Waals surface area contributed by atoms with Gasteiger partial charge in [0.1, 0.15) is 12.1 Å². The molecule has 0 saturated heterocycles. The first-order valence-corrected chi connectivity index (χ1v) is 2.11. The van der Waals surface area contributed by atoms with Crippen LogP contribution < -0.4 is 0 Å². The zero-order valence-electron chi connectivity index (χ0n) is 4.16. The highest BCUT2D eigenvalue weighted by Crippen LogP contribution is 1.90. The molecule has 0 unspecified atom stereocenters. The van der Waals surface area contributed by atoms with E-state index in [9.17, 15) is 4.79 Å². The van der Waals surface area contributed by atoms with Crippen molar-refractivity contribution in [2.24, 2.45) is 9.98 Å². The van der Waals surface area contributed by atoms with Gasteiger partial charge in [0.25, 0.3) is 5.91 Å². The quantitative estimate of drug-likeness (QED) is 0.472. The highest BCUT2D eigenvalue weighted by Gasteiger charge is 2.07. The number of carbonyl (C=O) groups is 1. The first kappa shape index (κ1) is 4.90. The molecule has 8 heavy (non-hydrogen) atoms. The molecule has 0 aromatic rings. The lowest BCUT2D eigenvalue weighted by molar-refractivity contribution is -0.111. The van der Waals surface area contributed by atoms with Crippen molar-refractivity contribution in [3.63, 3.8) is 0 Å². The molecule has 1 heterocycles. The lowest BCUT2D eigenvalue weighted by atomic mass is 10.4. The summed E-state index contributed by atoms with van der Waals surface area (Å²) in [5, 5.41) is 0. The molecule has 1 aliphatic rings. The molecule has 1 rings (SSSR count). The predicted molar refractivity (Wildman–Crippen MR) is 31.1 cm³/mol. The molecule has 1 amide bonds. The summed E-state index contributed by atoms with van der Waals surface area (Å²) in [7, 11) is 0. The van der Waals surface area contributed by atoms with E-state index in [2.05, 4.69) is 16.6 Å². The standard InChI is InChI=1S/C5H4N2O/c1-2-4-5(8)7-3-6-4/h2-3H,1H2. The maximum absolute atomic E-state index is 10.4. The molecular weight excluding hydrogens is 104 g/mol. The monoisotopic (exact) mass is 108 g/mol. The van der Waals surface area contributed by atoms with Gasteiger partial charge in [-0.25, -0.2) is 4.99 Å². The van der Waals surface area contributed by atoms with Crippen LogP contribution in [0, 0.1) is 0 Å². The fraction of sp³-hybridized carbons (Fsp3) is 0. The van der Waals surface area contributed by atoms with E-state index in [1.54, 1.807) is 0 Å². The van der Waals surface area contributed by atoms with E-state index in [0.717, 1.165) is 0 Å². The Morgan fingerprint density at radius 2 is 2.50 bits per heavy atom. The van der Waals surface area contributed by atoms with Gasteiger partial charge in [0.2, 0.25) is 0 Å². The fourth-order valence-electron chi connectivity index (χ4n) is 0.405. The zero-order chi connectivity index (χ0) is 5.98. The van der Waals surface area contributed by atoms with Crippen molar-refractivity contribution in [1.82, 2.24) is 0 Å². The summed E-state index contributed by atoms with van der Waals surface area (Å²) in [5.41, 5.74) is 0.324. The first-order valence-electron chi connectivity index (χ1n) is 2.11. The molecule has 0 aromatic carbocycles. The molecule has 3 nitrogen and oxygen atoms in total. The Morgan fingerprint density at radius 1 is 1.75 bits per heavy atom. The Kier molecular flexibility index (Phi) is 1.04. The minimum atomic E-state index is -0.306. The molecule has 0 aliphatic carbocycles. The van der Waals surface area contributed by atoms with E-state index in [0.29, 0.717) is 5.71 Å². The van der Waals surface area contributed by atoms with Crippen LogP contribution >= 0.6 is 0 Å². The van der Waals surface area contributed by atoms with E-state index >= 15 is 0 Å². The van der Waals surface area contributed by atoms with E-state index < -0.39 is 0 Å². The van der Waals surface area contributed by atoms with Crippen LogP contribution in [-0.4, -0.2) is 18.0 Å². The molecule has 0 bridgehead atoms. The molecule has 0 fully saturated rings. The third-order valence-electron chi connectivity index (χ3n) is 0.784. The molecule has 1 aliphatic heterocycles. The highest BCUT2D eigenvalue weighted by molar-refractivity contribution is 6.47. The topological polar surface area (TPSA) is 41.8 Å². The summed E-state index contributed by atoms with van der Waals surface area (Å²) in [6.07, 6.45) is 2.61. The van der Waals surface area contributed by atoms with Crippen molar-refractivity contribution in [3.8, 4) is 0 Å². The van der Waals surface area contributed by atoms with Crippen LogP contribution in [0.4, 0.5) is 0 Å². The summed E-state index contributed by atoms with van der Waals surface area (Å²) in [4.78, 5) is 17.3. The minimum Gasteiger partial charge on any atom is -0.265 e. The van der Waals surface area contributed by atoms with Crippen molar-refractivity contribution < 1.29 is 4.79 Å². The average Bonchev–Trinajstić information content (AvgIpc) is 2.14. The first-order chi connectivity index (χ1) is 3.84. The molecule has 0 N–H and O–H groups in total. The van der Waals surface area contributed by atoms with Crippen LogP contribution in [0.2, 0.25) is 0 Å². The Hall–Kier alpha value is -1.25. The number of amides is 1.